The molecule has 0 aromatic carbocycles. The van der Waals surface area contributed by atoms with Crippen LogP contribution in [-0.2, 0) is 41.5 Å². The first-order valence-electron chi connectivity index (χ1n) is 17.3. The van der Waals surface area contributed by atoms with Crippen molar-refractivity contribution in [2.24, 2.45) is 33.7 Å². The number of Topliss-reactive ketones (excluding diaryl/α,β-unsaturated/α-hetero) is 1. The van der Waals surface area contributed by atoms with Gasteiger partial charge in [-0.05, 0) is 69.2 Å². The summed E-state index contributed by atoms with van der Waals surface area (Å²) >= 11 is 1.80. The van der Waals surface area contributed by atoms with E-state index >= 15 is 4.39 Å². The lowest BCUT2D eigenvalue weighted by Crippen LogP contribution is -2.70. The van der Waals surface area contributed by atoms with E-state index in [2.05, 4.69) is 24.2 Å². The maximum atomic E-state index is 18.0. The lowest BCUT2D eigenvalue weighted by molar-refractivity contribution is -0.228. The summed E-state index contributed by atoms with van der Waals surface area (Å²) in [6.45, 7) is 10.9. The molecule has 47 heavy (non-hydrogen) atoms. The zero-order valence-corrected chi connectivity index (χ0v) is 29.4. The highest BCUT2D eigenvalue weighted by Gasteiger charge is 2.77. The number of allylic oxidation sites excluding steroid dienone is 4. The summed E-state index contributed by atoms with van der Waals surface area (Å²) < 4.78 is 29.3. The normalized spacial score (nSPS) is 36.6. The van der Waals surface area contributed by atoms with Gasteiger partial charge in [-0.2, -0.15) is 0 Å². The Kier molecular flexibility index (Phi) is 10.2. The second-order valence-electron chi connectivity index (χ2n) is 14.2. The molecule has 3 saturated carbocycles. The van der Waals surface area contributed by atoms with Gasteiger partial charge in [-0.25, -0.2) is 4.39 Å². The molecule has 1 N–H and O–H groups in total. The average molecular weight is 672 g/mol. The third-order valence-electron chi connectivity index (χ3n) is 11.6. The molecule has 0 spiro atoms. The van der Waals surface area contributed by atoms with E-state index in [9.17, 15) is 19.5 Å². The van der Waals surface area contributed by atoms with Crippen LogP contribution in [0.4, 0.5) is 4.39 Å². The predicted octanol–water partition coefficient (Wildman–Crippen LogP) is 6.88. The van der Waals surface area contributed by atoms with Gasteiger partial charge in [0.25, 0.3) is 0 Å². The summed E-state index contributed by atoms with van der Waals surface area (Å²) in [5.74, 6) is -3.03. The van der Waals surface area contributed by atoms with Crippen molar-refractivity contribution >= 4 is 34.8 Å². The summed E-state index contributed by atoms with van der Waals surface area (Å²) in [5, 5.41) is 16.2. The second-order valence-corrected chi connectivity index (χ2v) is 15.5. The Bertz CT molecular complexity index is 1470. The van der Waals surface area contributed by atoms with E-state index in [4.69, 9.17) is 14.3 Å². The Morgan fingerprint density at radius 3 is 2.45 bits per heavy atom. The zero-order valence-electron chi connectivity index (χ0n) is 28.6. The Morgan fingerprint density at radius 1 is 1.06 bits per heavy atom. The molecule has 0 bridgehead atoms. The number of esters is 2. The molecule has 0 aliphatic heterocycles. The van der Waals surface area contributed by atoms with Crippen molar-refractivity contribution in [1.82, 2.24) is 0 Å². The molecular formula is C37H50FNO7S. The molecule has 10 heteroatoms. The number of rotatable bonds is 12. The quantitative estimate of drug-likeness (QED) is 0.147. The van der Waals surface area contributed by atoms with Gasteiger partial charge < -0.3 is 19.4 Å². The van der Waals surface area contributed by atoms with Crippen LogP contribution in [0.2, 0.25) is 0 Å². The zero-order chi connectivity index (χ0) is 34.2. The molecular weight excluding hydrogens is 621 g/mol. The number of alkyl halides is 1. The average Bonchev–Trinajstić information content (AvgIpc) is 3.58. The monoisotopic (exact) mass is 671 g/mol. The molecule has 1 aromatic heterocycles. The van der Waals surface area contributed by atoms with Crippen molar-refractivity contribution < 1.29 is 38.2 Å². The molecule has 258 valence electrons. The Hall–Kier alpha value is -2.85. The van der Waals surface area contributed by atoms with E-state index in [0.717, 1.165) is 24.8 Å². The van der Waals surface area contributed by atoms with Crippen molar-refractivity contribution in [2.75, 3.05) is 13.2 Å². The molecule has 0 amide bonds. The van der Waals surface area contributed by atoms with Crippen molar-refractivity contribution in [1.29, 1.82) is 0 Å². The van der Waals surface area contributed by atoms with Crippen LogP contribution in [-0.4, -0.2) is 59.1 Å². The number of carbonyl (C=O) groups excluding carboxylic acids is 3. The highest BCUT2D eigenvalue weighted by molar-refractivity contribution is 7.12. The minimum Gasteiger partial charge on any atom is -0.457 e. The number of hydrogen-bond acceptors (Lipinski definition) is 9. The van der Waals surface area contributed by atoms with Crippen LogP contribution < -0.4 is 0 Å². The standard InChI is InChI=1S/C37H50FNO7S/c1-7-10-26-12-13-27(47-26)16-18-45-39-25-15-17-34(5)24(20-25)11-14-28-29-19-23(4)37(46-33(43)9-3,31(41)22-44-32(42)8-2)35(29,6)21-30(40)36(28,34)38/h12-13,15,17,20,23,28-30,40H,7-11,14,16,18-19,21-22H2,1-6H3/b39-25+/t23-,28-,29-,30-,34-,35-,36-,37+/m0/s1. The van der Waals surface area contributed by atoms with Crippen LogP contribution in [0.25, 0.3) is 0 Å². The molecule has 5 rings (SSSR count). The number of aliphatic hydroxyl groups excluding tert-OH is 1. The number of ether oxygens (including phenoxy) is 2. The number of fused-ring (bicyclic) bond motifs is 5. The van der Waals surface area contributed by atoms with Gasteiger partial charge in [0.15, 0.2) is 17.9 Å². The Labute approximate surface area is 281 Å². The van der Waals surface area contributed by atoms with Gasteiger partial charge in [-0.1, -0.05) is 57.8 Å². The van der Waals surface area contributed by atoms with E-state index in [1.807, 2.05) is 32.9 Å². The molecule has 0 unspecified atom stereocenters. The van der Waals surface area contributed by atoms with Crippen molar-refractivity contribution in [3.8, 4) is 0 Å². The number of nitrogens with zero attached hydrogens (tertiary/aromatic N) is 1. The first-order valence-corrected chi connectivity index (χ1v) is 18.1. The summed E-state index contributed by atoms with van der Waals surface area (Å²) in [6, 6.07) is 4.31. The fourth-order valence-electron chi connectivity index (χ4n) is 9.28. The number of halogens is 1. The minimum absolute atomic E-state index is 0.0504. The van der Waals surface area contributed by atoms with Gasteiger partial charge in [0.1, 0.15) is 12.3 Å². The molecule has 1 aromatic rings. The number of thiophene rings is 1. The number of aliphatic hydroxyl groups is 1. The third-order valence-corrected chi connectivity index (χ3v) is 12.9. The minimum atomic E-state index is -2.03. The first kappa shape index (κ1) is 35.5. The van der Waals surface area contributed by atoms with Crippen LogP contribution >= 0.6 is 11.3 Å². The van der Waals surface area contributed by atoms with Crippen LogP contribution in [0.5, 0.6) is 0 Å². The van der Waals surface area contributed by atoms with Crippen LogP contribution in [0, 0.1) is 28.6 Å². The molecule has 3 fully saturated rings. The lowest BCUT2D eigenvalue weighted by Gasteiger charge is -2.62. The smallest absolute Gasteiger partial charge is 0.306 e. The summed E-state index contributed by atoms with van der Waals surface area (Å²) in [6.07, 6.45) is 8.55. The van der Waals surface area contributed by atoms with Gasteiger partial charge in [-0.3, -0.25) is 14.4 Å². The van der Waals surface area contributed by atoms with E-state index < -0.39 is 64.4 Å². The molecule has 0 radical (unpaired) electrons. The number of aryl methyl sites for hydroxylation is 1. The largest absolute Gasteiger partial charge is 0.457 e. The lowest BCUT2D eigenvalue weighted by atomic mass is 9.44. The number of ketones is 1. The summed E-state index contributed by atoms with van der Waals surface area (Å²) in [7, 11) is 0. The Balaban J connectivity index is 1.38. The third kappa shape index (κ3) is 5.81. The second kappa shape index (κ2) is 13.6. The number of oxime groups is 1. The van der Waals surface area contributed by atoms with Gasteiger partial charge in [0.05, 0.1) is 6.10 Å². The number of carbonyl (C=O) groups is 3. The van der Waals surface area contributed by atoms with E-state index in [1.54, 1.807) is 31.3 Å². The SMILES string of the molecule is CCCc1ccc(CCO/N=C2\C=C[C@@]3(C)C(=C2)CC[C@H]2[C@@H]4C[C@H](C)[C@@](OC(=O)CC)(C(=O)COC(=O)CC)[C@@]4(C)C[C@H](O)[C@@]23F)s1. The highest BCUT2D eigenvalue weighted by atomic mass is 32.1. The number of hydrogen-bond donors (Lipinski definition) is 1. The topological polar surface area (TPSA) is 111 Å². The molecule has 4 aliphatic carbocycles. The van der Waals surface area contributed by atoms with Crippen molar-refractivity contribution in [3.05, 3.63) is 45.7 Å². The van der Waals surface area contributed by atoms with E-state index in [0.29, 0.717) is 31.6 Å². The molecule has 1 heterocycles. The van der Waals surface area contributed by atoms with Crippen LogP contribution in [0.1, 0.15) is 96.2 Å². The summed E-state index contributed by atoms with van der Waals surface area (Å²) in [4.78, 5) is 47.2. The maximum absolute atomic E-state index is 18.0. The van der Waals surface area contributed by atoms with Crippen LogP contribution in [0.3, 0.4) is 0 Å². The van der Waals surface area contributed by atoms with Crippen molar-refractivity contribution in [2.45, 2.75) is 117 Å². The molecule has 8 atom stereocenters. The first-order chi connectivity index (χ1) is 22.3. The van der Waals surface area contributed by atoms with Gasteiger partial charge in [0.2, 0.25) is 5.78 Å². The predicted molar refractivity (Wildman–Crippen MR) is 179 cm³/mol. The fraction of sp³-hybridized carbons (Fsp3) is 0.676. The molecule has 0 saturated heterocycles. The summed E-state index contributed by atoms with van der Waals surface area (Å²) in [5.41, 5.74) is -4.39. The maximum Gasteiger partial charge on any atom is 0.306 e. The van der Waals surface area contributed by atoms with Gasteiger partial charge in [-0.15, -0.1) is 11.3 Å². The van der Waals surface area contributed by atoms with Crippen LogP contribution in [0.15, 0.2) is 41.1 Å². The van der Waals surface area contributed by atoms with E-state index in [1.165, 1.54) is 9.75 Å². The van der Waals surface area contributed by atoms with Crippen molar-refractivity contribution in [3.63, 3.8) is 0 Å². The highest BCUT2D eigenvalue weighted by Crippen LogP contribution is 2.71. The van der Waals surface area contributed by atoms with Gasteiger partial charge in [0, 0.05) is 51.7 Å². The van der Waals surface area contributed by atoms with E-state index in [-0.39, 0.29) is 25.2 Å². The van der Waals surface area contributed by atoms with Gasteiger partial charge >= 0.3 is 11.9 Å². The Morgan fingerprint density at radius 2 is 1.77 bits per heavy atom. The fourth-order valence-corrected chi connectivity index (χ4v) is 10.4. The molecule has 8 nitrogen and oxygen atoms in total. The molecule has 4 aliphatic rings.